The van der Waals surface area contributed by atoms with E-state index in [0.29, 0.717) is 29.2 Å². The summed E-state index contributed by atoms with van der Waals surface area (Å²) in [7, 11) is 1.62. The maximum absolute atomic E-state index is 5.89. The number of rotatable bonds is 9. The normalized spacial score (nSPS) is 10.7. The molecule has 24 heavy (non-hydrogen) atoms. The molecule has 7 heteroatoms. The van der Waals surface area contributed by atoms with Crippen LogP contribution in [0.1, 0.15) is 13.8 Å². The quantitative estimate of drug-likeness (QED) is 0.697. The van der Waals surface area contributed by atoms with E-state index in [0.717, 1.165) is 25.3 Å². The predicted molar refractivity (Wildman–Crippen MR) is 96.6 cm³/mol. The first-order valence-electron chi connectivity index (χ1n) is 7.95. The van der Waals surface area contributed by atoms with Crippen LogP contribution in [0.25, 0.3) is 0 Å². The molecule has 2 rings (SSSR count). The molecule has 0 saturated heterocycles. The Hall–Kier alpha value is -2.05. The average Bonchev–Trinajstić information content (AvgIpc) is 2.59. The van der Waals surface area contributed by atoms with Crippen molar-refractivity contribution in [2.75, 3.05) is 38.7 Å². The van der Waals surface area contributed by atoms with Gasteiger partial charge in [-0.2, -0.15) is 0 Å². The van der Waals surface area contributed by atoms with Crippen LogP contribution >= 0.6 is 11.6 Å². The van der Waals surface area contributed by atoms with Crippen molar-refractivity contribution in [1.82, 2.24) is 14.9 Å². The molecule has 1 heterocycles. The second-order valence-electron chi connectivity index (χ2n) is 5.07. The number of anilines is 2. The summed E-state index contributed by atoms with van der Waals surface area (Å²) in [5.41, 5.74) is 0.802. The smallest absolute Gasteiger partial charge is 0.228 e. The highest BCUT2D eigenvalue weighted by Gasteiger charge is 2.08. The zero-order chi connectivity index (χ0) is 17.4. The van der Waals surface area contributed by atoms with E-state index in [2.05, 4.69) is 34.0 Å². The Labute approximate surface area is 147 Å². The highest BCUT2D eigenvalue weighted by Crippen LogP contribution is 2.31. The molecule has 0 aliphatic heterocycles. The van der Waals surface area contributed by atoms with Crippen molar-refractivity contribution in [2.24, 2.45) is 0 Å². The van der Waals surface area contributed by atoms with Crippen molar-refractivity contribution in [3.63, 3.8) is 0 Å². The summed E-state index contributed by atoms with van der Waals surface area (Å²) in [6.07, 6.45) is 1.60. The van der Waals surface area contributed by atoms with Gasteiger partial charge in [-0.25, -0.2) is 9.97 Å². The Morgan fingerprint density at radius 3 is 2.62 bits per heavy atom. The first-order chi connectivity index (χ1) is 11.7. The van der Waals surface area contributed by atoms with Gasteiger partial charge in [-0.1, -0.05) is 25.4 Å². The minimum Gasteiger partial charge on any atom is -0.493 e. The molecule has 0 radical (unpaired) electrons. The van der Waals surface area contributed by atoms with E-state index in [1.807, 2.05) is 18.2 Å². The molecule has 0 amide bonds. The fraction of sp³-hybridized carbons (Fsp3) is 0.412. The molecule has 1 N–H and O–H groups in total. The van der Waals surface area contributed by atoms with Gasteiger partial charge in [0, 0.05) is 24.5 Å². The van der Waals surface area contributed by atoms with E-state index in [4.69, 9.17) is 21.1 Å². The van der Waals surface area contributed by atoms with Crippen molar-refractivity contribution in [2.45, 2.75) is 13.8 Å². The largest absolute Gasteiger partial charge is 0.493 e. The van der Waals surface area contributed by atoms with Crippen LogP contribution in [0, 0.1) is 0 Å². The lowest BCUT2D eigenvalue weighted by Crippen LogP contribution is -2.27. The molecule has 0 fully saturated rings. The molecular formula is C17H23ClN4O2. The topological polar surface area (TPSA) is 59.5 Å². The number of hydrogen-bond acceptors (Lipinski definition) is 6. The monoisotopic (exact) mass is 350 g/mol. The molecule has 0 aliphatic rings. The van der Waals surface area contributed by atoms with Gasteiger partial charge in [-0.05, 0) is 31.3 Å². The molecular weight excluding hydrogens is 328 g/mol. The second kappa shape index (κ2) is 9.30. The van der Waals surface area contributed by atoms with Crippen LogP contribution in [0.3, 0.4) is 0 Å². The zero-order valence-electron chi connectivity index (χ0n) is 14.3. The molecule has 130 valence electrons. The van der Waals surface area contributed by atoms with Crippen molar-refractivity contribution in [3.8, 4) is 11.5 Å². The third-order valence-corrected chi connectivity index (χ3v) is 3.81. The lowest BCUT2D eigenvalue weighted by atomic mass is 10.2. The van der Waals surface area contributed by atoms with Gasteiger partial charge in [0.05, 0.1) is 7.11 Å². The van der Waals surface area contributed by atoms with Gasteiger partial charge in [0.2, 0.25) is 5.95 Å². The molecule has 2 aromatic rings. The van der Waals surface area contributed by atoms with Crippen LogP contribution in [0.4, 0.5) is 11.6 Å². The van der Waals surface area contributed by atoms with Crippen molar-refractivity contribution in [3.05, 3.63) is 35.6 Å². The van der Waals surface area contributed by atoms with E-state index >= 15 is 0 Å². The number of ether oxygens (including phenoxy) is 2. The van der Waals surface area contributed by atoms with E-state index < -0.39 is 0 Å². The molecule has 0 aliphatic carbocycles. The highest BCUT2D eigenvalue weighted by atomic mass is 35.5. The second-order valence-corrected chi connectivity index (χ2v) is 5.46. The van der Waals surface area contributed by atoms with Crippen LogP contribution in [0.2, 0.25) is 5.15 Å². The average molecular weight is 351 g/mol. The number of likely N-dealkylation sites (N-methyl/N-ethyl adjacent to an activating group) is 1. The van der Waals surface area contributed by atoms with Crippen LogP contribution in [0.5, 0.6) is 11.5 Å². The van der Waals surface area contributed by atoms with E-state index in [1.54, 1.807) is 19.4 Å². The van der Waals surface area contributed by atoms with E-state index in [9.17, 15) is 0 Å². The standard InChI is InChI=1S/C17H23ClN4O2/c1-4-22(5-2)10-11-24-15-12-13(6-7-14(15)23-3)20-17-19-9-8-16(18)21-17/h6-9,12H,4-5,10-11H2,1-3H3,(H,19,20,21). The Morgan fingerprint density at radius 1 is 1.17 bits per heavy atom. The SMILES string of the molecule is CCN(CC)CCOc1cc(Nc2nccc(Cl)n2)ccc1OC. The maximum atomic E-state index is 5.89. The van der Waals surface area contributed by atoms with Gasteiger partial charge in [0.25, 0.3) is 0 Å². The summed E-state index contributed by atoms with van der Waals surface area (Å²) in [5.74, 6) is 1.80. The van der Waals surface area contributed by atoms with Crippen molar-refractivity contribution < 1.29 is 9.47 Å². The van der Waals surface area contributed by atoms with Crippen molar-refractivity contribution in [1.29, 1.82) is 0 Å². The number of methoxy groups -OCH3 is 1. The fourth-order valence-corrected chi connectivity index (χ4v) is 2.35. The summed E-state index contributed by atoms with van der Waals surface area (Å²) < 4.78 is 11.3. The molecule has 0 spiro atoms. The number of halogens is 1. The van der Waals surface area contributed by atoms with Crippen LogP contribution < -0.4 is 14.8 Å². The van der Waals surface area contributed by atoms with Gasteiger partial charge < -0.3 is 19.7 Å². The summed E-state index contributed by atoms with van der Waals surface area (Å²) in [5, 5.41) is 3.49. The first kappa shape index (κ1) is 18.3. The summed E-state index contributed by atoms with van der Waals surface area (Å²) >= 11 is 5.88. The molecule has 0 bridgehead atoms. The molecule has 1 aromatic heterocycles. The Morgan fingerprint density at radius 2 is 1.96 bits per heavy atom. The lowest BCUT2D eigenvalue weighted by Gasteiger charge is -2.19. The van der Waals surface area contributed by atoms with Gasteiger partial charge >= 0.3 is 0 Å². The fourth-order valence-electron chi connectivity index (χ4n) is 2.22. The molecule has 1 aromatic carbocycles. The molecule has 0 saturated carbocycles. The van der Waals surface area contributed by atoms with Gasteiger partial charge in [0.15, 0.2) is 11.5 Å². The Balaban J connectivity index is 2.06. The number of hydrogen-bond donors (Lipinski definition) is 1. The van der Waals surface area contributed by atoms with Crippen LogP contribution in [-0.4, -0.2) is 48.2 Å². The summed E-state index contributed by atoms with van der Waals surface area (Å²) in [4.78, 5) is 10.5. The number of nitrogens with one attached hydrogen (secondary N) is 1. The molecule has 0 unspecified atom stereocenters. The number of benzene rings is 1. The first-order valence-corrected chi connectivity index (χ1v) is 8.32. The van der Waals surface area contributed by atoms with E-state index in [1.165, 1.54) is 0 Å². The van der Waals surface area contributed by atoms with Gasteiger partial charge in [-0.15, -0.1) is 0 Å². The maximum Gasteiger partial charge on any atom is 0.228 e. The Kier molecular flexibility index (Phi) is 7.08. The van der Waals surface area contributed by atoms with E-state index in [-0.39, 0.29) is 0 Å². The number of nitrogens with zero attached hydrogens (tertiary/aromatic N) is 3. The Bertz CT molecular complexity index is 650. The van der Waals surface area contributed by atoms with Crippen molar-refractivity contribution >= 4 is 23.2 Å². The highest BCUT2D eigenvalue weighted by molar-refractivity contribution is 6.29. The molecule has 6 nitrogen and oxygen atoms in total. The summed E-state index contributed by atoms with van der Waals surface area (Å²) in [6, 6.07) is 7.22. The molecule has 0 atom stereocenters. The van der Waals surface area contributed by atoms with Gasteiger partial charge in [-0.3, -0.25) is 0 Å². The predicted octanol–water partition coefficient (Wildman–Crippen LogP) is 3.60. The van der Waals surface area contributed by atoms with Crippen LogP contribution in [-0.2, 0) is 0 Å². The van der Waals surface area contributed by atoms with Crippen LogP contribution in [0.15, 0.2) is 30.5 Å². The third kappa shape index (κ3) is 5.25. The minimum atomic E-state index is 0.386. The zero-order valence-corrected chi connectivity index (χ0v) is 15.0. The van der Waals surface area contributed by atoms with Gasteiger partial charge in [0.1, 0.15) is 11.8 Å². The third-order valence-electron chi connectivity index (χ3n) is 3.60. The lowest BCUT2D eigenvalue weighted by molar-refractivity contribution is 0.217. The summed E-state index contributed by atoms with van der Waals surface area (Å²) in [6.45, 7) is 7.75. The number of aromatic nitrogens is 2. The minimum absolute atomic E-state index is 0.386.